The molecule has 0 atom stereocenters. The monoisotopic (exact) mass is 254 g/mol. The summed E-state index contributed by atoms with van der Waals surface area (Å²) in [5, 5.41) is 4.25. The van der Waals surface area contributed by atoms with Crippen LogP contribution in [0.5, 0.6) is 5.75 Å². The highest BCUT2D eigenvalue weighted by Gasteiger charge is 2.12. The predicted octanol–water partition coefficient (Wildman–Crippen LogP) is 2.42. The molecule has 0 saturated carbocycles. The van der Waals surface area contributed by atoms with Gasteiger partial charge in [0.15, 0.2) is 0 Å². The van der Waals surface area contributed by atoms with E-state index in [1.807, 2.05) is 31.3 Å². The van der Waals surface area contributed by atoms with Gasteiger partial charge in [0.2, 0.25) is 0 Å². The highest BCUT2D eigenvalue weighted by Crippen LogP contribution is 2.28. The minimum Gasteiger partial charge on any atom is -0.497 e. The molecule has 0 spiro atoms. The maximum atomic E-state index is 5.24. The molecule has 0 aliphatic rings. The summed E-state index contributed by atoms with van der Waals surface area (Å²) >= 11 is 0. The fourth-order valence-electron chi connectivity index (χ4n) is 2.22. The van der Waals surface area contributed by atoms with E-state index in [1.165, 1.54) is 6.33 Å². The van der Waals surface area contributed by atoms with Gasteiger partial charge in [0.25, 0.3) is 5.78 Å². The van der Waals surface area contributed by atoms with Crippen molar-refractivity contribution in [2.75, 3.05) is 7.11 Å². The SMILES string of the molecule is COc1ccc(-c2c(C)cnc3ncnn23)c(C)c1. The van der Waals surface area contributed by atoms with Gasteiger partial charge in [-0.3, -0.25) is 0 Å². The molecular weight excluding hydrogens is 240 g/mol. The Balaban J connectivity index is 2.29. The van der Waals surface area contributed by atoms with Crippen molar-refractivity contribution >= 4 is 5.78 Å². The van der Waals surface area contributed by atoms with Gasteiger partial charge in [0.1, 0.15) is 12.1 Å². The molecule has 19 heavy (non-hydrogen) atoms. The normalized spacial score (nSPS) is 10.9. The Kier molecular flexibility index (Phi) is 2.67. The molecule has 0 radical (unpaired) electrons. The molecular formula is C14H14N4O. The lowest BCUT2D eigenvalue weighted by molar-refractivity contribution is 0.414. The first kappa shape index (κ1) is 11.6. The summed E-state index contributed by atoms with van der Waals surface area (Å²) < 4.78 is 7.01. The van der Waals surface area contributed by atoms with E-state index >= 15 is 0 Å². The van der Waals surface area contributed by atoms with E-state index in [0.717, 1.165) is 28.1 Å². The fraction of sp³-hybridized carbons (Fsp3) is 0.214. The van der Waals surface area contributed by atoms with E-state index in [4.69, 9.17) is 4.74 Å². The van der Waals surface area contributed by atoms with Crippen LogP contribution in [-0.4, -0.2) is 26.7 Å². The summed E-state index contributed by atoms with van der Waals surface area (Å²) in [5.41, 5.74) is 4.32. The topological polar surface area (TPSA) is 52.3 Å². The zero-order valence-electron chi connectivity index (χ0n) is 11.1. The third kappa shape index (κ3) is 1.83. The average molecular weight is 254 g/mol. The Morgan fingerprint density at radius 1 is 1.11 bits per heavy atom. The van der Waals surface area contributed by atoms with Gasteiger partial charge in [-0.05, 0) is 43.2 Å². The third-order valence-electron chi connectivity index (χ3n) is 3.18. The van der Waals surface area contributed by atoms with Crippen LogP contribution in [0.4, 0.5) is 0 Å². The number of aromatic nitrogens is 4. The van der Waals surface area contributed by atoms with E-state index in [2.05, 4.69) is 22.0 Å². The first-order valence-electron chi connectivity index (χ1n) is 6.01. The van der Waals surface area contributed by atoms with Crippen molar-refractivity contribution in [3.63, 3.8) is 0 Å². The number of fused-ring (bicyclic) bond motifs is 1. The van der Waals surface area contributed by atoms with E-state index in [-0.39, 0.29) is 0 Å². The number of nitrogens with zero attached hydrogens (tertiary/aromatic N) is 4. The maximum absolute atomic E-state index is 5.24. The highest BCUT2D eigenvalue weighted by molar-refractivity contribution is 5.69. The molecule has 0 saturated heterocycles. The fourth-order valence-corrected chi connectivity index (χ4v) is 2.22. The number of hydrogen-bond donors (Lipinski definition) is 0. The van der Waals surface area contributed by atoms with Gasteiger partial charge in [-0.15, -0.1) is 0 Å². The van der Waals surface area contributed by atoms with Gasteiger partial charge in [0.05, 0.1) is 12.8 Å². The molecule has 0 unspecified atom stereocenters. The van der Waals surface area contributed by atoms with Gasteiger partial charge in [-0.1, -0.05) is 0 Å². The molecule has 0 aliphatic heterocycles. The smallest absolute Gasteiger partial charge is 0.252 e. The first-order chi connectivity index (χ1) is 9.20. The van der Waals surface area contributed by atoms with Crippen molar-refractivity contribution in [3.05, 3.63) is 41.9 Å². The summed E-state index contributed by atoms with van der Waals surface area (Å²) in [7, 11) is 1.67. The Morgan fingerprint density at radius 3 is 2.68 bits per heavy atom. The highest BCUT2D eigenvalue weighted by atomic mass is 16.5. The molecule has 3 rings (SSSR count). The average Bonchev–Trinajstić information content (AvgIpc) is 2.88. The maximum Gasteiger partial charge on any atom is 0.252 e. The summed E-state index contributed by atoms with van der Waals surface area (Å²) in [6.07, 6.45) is 3.34. The van der Waals surface area contributed by atoms with E-state index in [9.17, 15) is 0 Å². The van der Waals surface area contributed by atoms with Crippen LogP contribution in [0, 0.1) is 13.8 Å². The standard InChI is InChI=1S/C14H14N4O/c1-9-6-11(19-3)4-5-12(9)13-10(2)7-15-14-16-8-17-18(13)14/h4-8H,1-3H3. The molecule has 2 aromatic heterocycles. The molecule has 1 aromatic carbocycles. The van der Waals surface area contributed by atoms with Gasteiger partial charge in [0, 0.05) is 11.8 Å². The minimum absolute atomic E-state index is 0.607. The summed E-state index contributed by atoms with van der Waals surface area (Å²) in [6.45, 7) is 4.08. The molecule has 5 heteroatoms. The number of hydrogen-bond acceptors (Lipinski definition) is 4. The Labute approximate surface area is 110 Å². The zero-order chi connectivity index (χ0) is 13.4. The number of ether oxygens (including phenoxy) is 1. The lowest BCUT2D eigenvalue weighted by Gasteiger charge is -2.11. The second-order valence-electron chi connectivity index (χ2n) is 4.44. The van der Waals surface area contributed by atoms with Gasteiger partial charge in [-0.2, -0.15) is 14.6 Å². The Hall–Kier alpha value is -2.43. The van der Waals surface area contributed by atoms with Crippen LogP contribution in [0.1, 0.15) is 11.1 Å². The molecule has 0 amide bonds. The van der Waals surface area contributed by atoms with E-state index < -0.39 is 0 Å². The summed E-state index contributed by atoms with van der Waals surface area (Å²) in [5.74, 6) is 1.46. The Bertz CT molecular complexity index is 748. The molecule has 96 valence electrons. The van der Waals surface area contributed by atoms with Crippen LogP contribution in [0.15, 0.2) is 30.7 Å². The van der Waals surface area contributed by atoms with E-state index in [1.54, 1.807) is 11.6 Å². The van der Waals surface area contributed by atoms with Crippen LogP contribution in [0.3, 0.4) is 0 Å². The minimum atomic E-state index is 0.607. The first-order valence-corrected chi connectivity index (χ1v) is 6.01. The van der Waals surface area contributed by atoms with Crippen molar-refractivity contribution in [2.45, 2.75) is 13.8 Å². The number of rotatable bonds is 2. The van der Waals surface area contributed by atoms with Crippen molar-refractivity contribution in [3.8, 4) is 17.0 Å². The van der Waals surface area contributed by atoms with Crippen LogP contribution in [0.25, 0.3) is 17.0 Å². The van der Waals surface area contributed by atoms with Crippen molar-refractivity contribution in [1.29, 1.82) is 0 Å². The van der Waals surface area contributed by atoms with Crippen molar-refractivity contribution < 1.29 is 4.74 Å². The predicted molar refractivity (Wildman–Crippen MR) is 72.2 cm³/mol. The van der Waals surface area contributed by atoms with Crippen LogP contribution in [-0.2, 0) is 0 Å². The second kappa shape index (κ2) is 4.35. The number of aryl methyl sites for hydroxylation is 2. The molecule has 0 bridgehead atoms. The molecule has 0 fully saturated rings. The largest absolute Gasteiger partial charge is 0.497 e. The van der Waals surface area contributed by atoms with Gasteiger partial charge in [-0.25, -0.2) is 4.98 Å². The molecule has 0 N–H and O–H groups in total. The van der Waals surface area contributed by atoms with E-state index in [0.29, 0.717) is 5.78 Å². The molecule has 2 heterocycles. The van der Waals surface area contributed by atoms with Crippen LogP contribution < -0.4 is 4.74 Å². The number of benzene rings is 1. The van der Waals surface area contributed by atoms with Gasteiger partial charge < -0.3 is 4.74 Å². The van der Waals surface area contributed by atoms with Crippen LogP contribution in [0.2, 0.25) is 0 Å². The quantitative estimate of drug-likeness (QED) is 0.704. The second-order valence-corrected chi connectivity index (χ2v) is 4.44. The summed E-state index contributed by atoms with van der Waals surface area (Å²) in [6, 6.07) is 6.00. The molecule has 3 aromatic rings. The van der Waals surface area contributed by atoms with Gasteiger partial charge >= 0.3 is 0 Å². The number of methoxy groups -OCH3 is 1. The van der Waals surface area contributed by atoms with Crippen LogP contribution >= 0.6 is 0 Å². The summed E-state index contributed by atoms with van der Waals surface area (Å²) in [4.78, 5) is 8.38. The third-order valence-corrected chi connectivity index (χ3v) is 3.18. The zero-order valence-corrected chi connectivity index (χ0v) is 11.1. The lowest BCUT2D eigenvalue weighted by atomic mass is 10.0. The molecule has 5 nitrogen and oxygen atoms in total. The molecule has 0 aliphatic carbocycles. The van der Waals surface area contributed by atoms with Crippen molar-refractivity contribution in [2.24, 2.45) is 0 Å². The Morgan fingerprint density at radius 2 is 1.95 bits per heavy atom. The lowest BCUT2D eigenvalue weighted by Crippen LogP contribution is -2.01. The van der Waals surface area contributed by atoms with Crippen molar-refractivity contribution in [1.82, 2.24) is 19.6 Å².